The van der Waals surface area contributed by atoms with Crippen molar-refractivity contribution >= 4 is 34.4 Å². The number of esters is 1. The monoisotopic (exact) mass is 585 g/mol. The van der Waals surface area contributed by atoms with Crippen molar-refractivity contribution in [2.24, 2.45) is 29.4 Å². The molecule has 10 heteroatoms. The van der Waals surface area contributed by atoms with E-state index >= 15 is 0 Å². The standard InChI is InChI=1S/C32H44FN3O6/c33-19-26(34)21-7-9-22(10-8-21)31(39)36-14-13-25(20-5-2-1-3-6-20)29(36)30(38)35-24-11-12-27-23(17-24)18-28(42-27)32(40)41-16-4-15-37/h11-12,17-18,20-22,25-26,29,37H,1-10,13-16,19,34H2,(H,35,38)/t21?,22?,25-,26+,29-/m0/s1. The highest BCUT2D eigenvalue weighted by molar-refractivity contribution is 6.00. The predicted molar refractivity (Wildman–Crippen MR) is 156 cm³/mol. The molecule has 4 N–H and O–H groups in total. The number of hydrogen-bond acceptors (Lipinski definition) is 7. The number of benzene rings is 1. The zero-order chi connectivity index (χ0) is 29.6. The fraction of sp³-hybridized carbons (Fsp3) is 0.656. The van der Waals surface area contributed by atoms with E-state index in [-0.39, 0.29) is 48.5 Å². The number of furan rings is 1. The molecule has 3 aliphatic rings. The van der Waals surface area contributed by atoms with Crippen molar-refractivity contribution in [3.8, 4) is 0 Å². The minimum absolute atomic E-state index is 0.0374. The Morgan fingerprint density at radius 1 is 1.07 bits per heavy atom. The first-order valence-electron chi connectivity index (χ1n) is 15.6. The number of likely N-dealkylation sites (tertiary alicyclic amines) is 1. The normalized spacial score (nSPS) is 25.8. The Bertz CT molecular complexity index is 1240. The molecule has 2 saturated carbocycles. The van der Waals surface area contributed by atoms with Crippen LogP contribution in [0.5, 0.6) is 0 Å². The fourth-order valence-corrected chi connectivity index (χ4v) is 7.35. The third kappa shape index (κ3) is 6.80. The Kier molecular flexibility index (Phi) is 10.2. The average molecular weight is 586 g/mol. The first-order valence-corrected chi connectivity index (χ1v) is 15.6. The molecule has 1 aromatic carbocycles. The zero-order valence-electron chi connectivity index (χ0n) is 24.3. The number of ether oxygens (including phenoxy) is 1. The quantitative estimate of drug-likeness (QED) is 0.269. The molecular weight excluding hydrogens is 541 g/mol. The van der Waals surface area contributed by atoms with Gasteiger partial charge in [0, 0.05) is 42.6 Å². The molecule has 0 radical (unpaired) electrons. The molecule has 5 rings (SSSR count). The second-order valence-corrected chi connectivity index (χ2v) is 12.3. The maximum Gasteiger partial charge on any atom is 0.374 e. The number of halogens is 1. The molecule has 2 heterocycles. The van der Waals surface area contributed by atoms with Gasteiger partial charge < -0.3 is 30.2 Å². The minimum atomic E-state index is -0.610. The van der Waals surface area contributed by atoms with Crippen molar-refractivity contribution in [2.45, 2.75) is 82.7 Å². The summed E-state index contributed by atoms with van der Waals surface area (Å²) in [5.41, 5.74) is 7.00. The van der Waals surface area contributed by atoms with E-state index in [0.717, 1.165) is 44.9 Å². The number of anilines is 1. The van der Waals surface area contributed by atoms with Crippen LogP contribution in [-0.4, -0.2) is 66.3 Å². The van der Waals surface area contributed by atoms with Crippen LogP contribution in [0.25, 0.3) is 11.0 Å². The summed E-state index contributed by atoms with van der Waals surface area (Å²) in [5, 5.41) is 12.6. The first-order chi connectivity index (χ1) is 20.4. The van der Waals surface area contributed by atoms with Crippen LogP contribution in [0.3, 0.4) is 0 Å². The van der Waals surface area contributed by atoms with Gasteiger partial charge in [0.1, 0.15) is 18.3 Å². The van der Waals surface area contributed by atoms with Gasteiger partial charge in [0.2, 0.25) is 17.6 Å². The van der Waals surface area contributed by atoms with E-state index in [2.05, 4.69) is 5.32 Å². The molecule has 3 atom stereocenters. The van der Waals surface area contributed by atoms with Crippen molar-refractivity contribution < 1.29 is 33.0 Å². The summed E-state index contributed by atoms with van der Waals surface area (Å²) in [6, 6.07) is 5.76. The van der Waals surface area contributed by atoms with E-state index in [1.165, 1.54) is 6.42 Å². The van der Waals surface area contributed by atoms with Gasteiger partial charge in [-0.2, -0.15) is 0 Å². The molecule has 0 spiro atoms. The van der Waals surface area contributed by atoms with Crippen molar-refractivity contribution in [2.75, 3.05) is 31.7 Å². The predicted octanol–water partition coefficient (Wildman–Crippen LogP) is 4.81. The number of aliphatic hydroxyl groups is 1. The number of alkyl halides is 1. The lowest BCUT2D eigenvalue weighted by Gasteiger charge is -2.36. The van der Waals surface area contributed by atoms with Crippen LogP contribution in [0.4, 0.5) is 10.1 Å². The van der Waals surface area contributed by atoms with Crippen LogP contribution >= 0.6 is 0 Å². The molecule has 1 aliphatic heterocycles. The summed E-state index contributed by atoms with van der Waals surface area (Å²) in [7, 11) is 0. The Labute approximate surface area is 246 Å². The van der Waals surface area contributed by atoms with Gasteiger partial charge in [0.15, 0.2) is 0 Å². The highest BCUT2D eigenvalue weighted by Crippen LogP contribution is 2.41. The van der Waals surface area contributed by atoms with Gasteiger partial charge in [0.25, 0.3) is 0 Å². The summed E-state index contributed by atoms with van der Waals surface area (Å²) >= 11 is 0. The number of nitrogens with two attached hydrogens (primary N) is 1. The van der Waals surface area contributed by atoms with Gasteiger partial charge in [-0.15, -0.1) is 0 Å². The number of nitrogens with one attached hydrogen (secondary N) is 1. The highest BCUT2D eigenvalue weighted by atomic mass is 19.1. The van der Waals surface area contributed by atoms with Crippen LogP contribution in [0, 0.1) is 23.7 Å². The Hall–Kier alpha value is -2.98. The lowest BCUT2D eigenvalue weighted by molar-refractivity contribution is -0.142. The number of amides is 2. The Balaban J connectivity index is 1.30. The van der Waals surface area contributed by atoms with Crippen LogP contribution in [-0.2, 0) is 14.3 Å². The van der Waals surface area contributed by atoms with Crippen LogP contribution in [0.1, 0.15) is 81.2 Å². The largest absolute Gasteiger partial charge is 0.460 e. The van der Waals surface area contributed by atoms with E-state index in [1.807, 2.05) is 4.90 Å². The average Bonchev–Trinajstić information content (AvgIpc) is 3.66. The molecule has 2 aromatic rings. The van der Waals surface area contributed by atoms with Gasteiger partial charge in [-0.05, 0) is 74.1 Å². The van der Waals surface area contributed by atoms with Crippen molar-refractivity contribution in [3.63, 3.8) is 0 Å². The summed E-state index contributed by atoms with van der Waals surface area (Å²) < 4.78 is 23.9. The maximum atomic E-state index is 14.0. The molecule has 0 unspecified atom stereocenters. The van der Waals surface area contributed by atoms with Crippen molar-refractivity contribution in [3.05, 3.63) is 30.0 Å². The summed E-state index contributed by atoms with van der Waals surface area (Å²) in [6.07, 6.45) is 9.69. The molecule has 1 saturated heterocycles. The third-order valence-corrected chi connectivity index (χ3v) is 9.68. The van der Waals surface area contributed by atoms with Gasteiger partial charge in [0.05, 0.1) is 6.61 Å². The lowest BCUT2D eigenvalue weighted by Crippen LogP contribution is -2.50. The first kappa shape index (κ1) is 30.5. The molecule has 1 aromatic heterocycles. The molecule has 2 amide bonds. The van der Waals surface area contributed by atoms with E-state index in [4.69, 9.17) is 20.0 Å². The van der Waals surface area contributed by atoms with Crippen LogP contribution < -0.4 is 11.1 Å². The van der Waals surface area contributed by atoms with E-state index in [0.29, 0.717) is 48.4 Å². The Morgan fingerprint density at radius 2 is 1.83 bits per heavy atom. The van der Waals surface area contributed by atoms with Crippen LogP contribution in [0.15, 0.2) is 28.7 Å². The molecule has 42 heavy (non-hydrogen) atoms. The van der Waals surface area contributed by atoms with E-state index in [9.17, 15) is 18.8 Å². The van der Waals surface area contributed by atoms with Crippen molar-refractivity contribution in [1.82, 2.24) is 4.90 Å². The number of fused-ring (bicyclic) bond motifs is 1. The number of nitrogens with zero attached hydrogens (tertiary/aromatic N) is 1. The number of carbonyl (C=O) groups is 3. The SMILES string of the molecule is N[C@H](CF)C1CCC(C(=O)N2CC[C@@H](C3CCCCC3)[C@H]2C(=O)Nc2ccc3oc(C(=O)OCCCO)cc3c2)CC1. The summed E-state index contributed by atoms with van der Waals surface area (Å²) in [6.45, 7) is 0.0588. The number of hydrogen-bond donors (Lipinski definition) is 3. The summed E-state index contributed by atoms with van der Waals surface area (Å²) in [4.78, 5) is 41.9. The lowest BCUT2D eigenvalue weighted by atomic mass is 9.76. The number of aliphatic hydroxyl groups excluding tert-OH is 1. The molecule has 9 nitrogen and oxygen atoms in total. The number of carbonyl (C=O) groups excluding carboxylic acids is 3. The molecule has 2 aliphatic carbocycles. The van der Waals surface area contributed by atoms with Crippen molar-refractivity contribution in [1.29, 1.82) is 0 Å². The Morgan fingerprint density at radius 3 is 2.55 bits per heavy atom. The topological polar surface area (TPSA) is 135 Å². The fourth-order valence-electron chi connectivity index (χ4n) is 7.35. The smallest absolute Gasteiger partial charge is 0.374 e. The van der Waals surface area contributed by atoms with E-state index in [1.54, 1.807) is 24.3 Å². The van der Waals surface area contributed by atoms with Crippen LogP contribution in [0.2, 0.25) is 0 Å². The third-order valence-electron chi connectivity index (χ3n) is 9.68. The summed E-state index contributed by atoms with van der Waals surface area (Å²) in [5.74, 6) is -0.227. The number of rotatable bonds is 10. The zero-order valence-corrected chi connectivity index (χ0v) is 24.3. The molecular formula is C32H44FN3O6. The van der Waals surface area contributed by atoms with Gasteiger partial charge in [-0.25, -0.2) is 9.18 Å². The minimum Gasteiger partial charge on any atom is -0.460 e. The van der Waals surface area contributed by atoms with E-state index < -0.39 is 24.7 Å². The molecule has 230 valence electrons. The second kappa shape index (κ2) is 14.0. The van der Waals surface area contributed by atoms with Gasteiger partial charge in [-0.3, -0.25) is 9.59 Å². The molecule has 3 fully saturated rings. The maximum absolute atomic E-state index is 14.0. The van der Waals surface area contributed by atoms with Gasteiger partial charge >= 0.3 is 5.97 Å². The second-order valence-electron chi connectivity index (χ2n) is 12.3. The molecule has 0 bridgehead atoms. The highest BCUT2D eigenvalue weighted by Gasteiger charge is 2.47. The van der Waals surface area contributed by atoms with Gasteiger partial charge in [-0.1, -0.05) is 32.1 Å².